The van der Waals surface area contributed by atoms with Gasteiger partial charge in [0.25, 0.3) is 0 Å². The fourth-order valence-electron chi connectivity index (χ4n) is 8.23. The molecule has 5 fully saturated rings. The molecule has 4 unspecified atom stereocenters. The first-order valence-electron chi connectivity index (χ1n) is 15.3. The Morgan fingerprint density at radius 1 is 0.846 bits per heavy atom. The van der Waals surface area contributed by atoms with Crippen LogP contribution in [0.1, 0.15) is 83.5 Å². The van der Waals surface area contributed by atoms with Crippen molar-refractivity contribution in [2.24, 2.45) is 41.1 Å². The summed E-state index contributed by atoms with van der Waals surface area (Å²) in [5.41, 5.74) is 11.5. The van der Waals surface area contributed by atoms with Crippen molar-refractivity contribution in [3.05, 3.63) is 0 Å². The molecule has 5 atom stereocenters. The van der Waals surface area contributed by atoms with Crippen LogP contribution in [0, 0.1) is 35.0 Å². The van der Waals surface area contributed by atoms with Gasteiger partial charge in [0, 0.05) is 42.9 Å². The van der Waals surface area contributed by atoms with Gasteiger partial charge in [0.05, 0.1) is 18.4 Å². The molecule has 0 aromatic carbocycles. The van der Waals surface area contributed by atoms with Gasteiger partial charge in [-0.15, -0.1) is 0 Å². The third-order valence-corrected chi connectivity index (χ3v) is 10.6. The number of likely N-dealkylation sites (tertiary alicyclic amines) is 2. The lowest BCUT2D eigenvalue weighted by molar-refractivity contribution is -0.135. The van der Waals surface area contributed by atoms with Gasteiger partial charge in [0.15, 0.2) is 0 Å². The van der Waals surface area contributed by atoms with E-state index in [-0.39, 0.29) is 66.0 Å². The molecule has 0 aromatic rings. The maximum atomic E-state index is 13.7. The summed E-state index contributed by atoms with van der Waals surface area (Å²) in [6.07, 6.45) is 9.69. The molecule has 218 valence electrons. The summed E-state index contributed by atoms with van der Waals surface area (Å²) in [7, 11) is 0. The molecule has 2 saturated heterocycles. The molecule has 10 heteroatoms. The second kappa shape index (κ2) is 12.1. The van der Waals surface area contributed by atoms with Crippen molar-refractivity contribution in [3.8, 4) is 0 Å². The van der Waals surface area contributed by atoms with E-state index < -0.39 is 6.17 Å². The monoisotopic (exact) mass is 546 g/mol. The number of rotatable bonds is 7. The first-order chi connectivity index (χ1) is 18.7. The van der Waals surface area contributed by atoms with Crippen molar-refractivity contribution in [2.75, 3.05) is 19.6 Å². The zero-order valence-corrected chi connectivity index (χ0v) is 23.2. The number of hydrogen-bond acceptors (Lipinski definition) is 5. The minimum atomic E-state index is -0.897. The highest BCUT2D eigenvalue weighted by molar-refractivity contribution is 5.83. The van der Waals surface area contributed by atoms with E-state index in [9.17, 15) is 18.8 Å². The van der Waals surface area contributed by atoms with Crippen molar-refractivity contribution < 1.29 is 18.8 Å². The molecular formula is C29H47FN6O3. The number of nitrogens with one attached hydrogen (secondary N) is 2. The SMILES string of the molecule is N=C(N)C1CCC2CC(C(=O)NC3CCC(C(=O)N4CC[C@H](F)C4)CC3)N(CC3CCC(C(N)=O)CC3)C2C1. The van der Waals surface area contributed by atoms with Crippen LogP contribution in [0.4, 0.5) is 4.39 Å². The lowest BCUT2D eigenvalue weighted by Crippen LogP contribution is -2.52. The minimum Gasteiger partial charge on any atom is -0.387 e. The highest BCUT2D eigenvalue weighted by Gasteiger charge is 2.48. The molecule has 6 N–H and O–H groups in total. The molecule has 3 saturated carbocycles. The van der Waals surface area contributed by atoms with E-state index >= 15 is 0 Å². The predicted molar refractivity (Wildman–Crippen MR) is 146 cm³/mol. The minimum absolute atomic E-state index is 0.0330. The van der Waals surface area contributed by atoms with Crippen LogP contribution in [0.15, 0.2) is 0 Å². The predicted octanol–water partition coefficient (Wildman–Crippen LogP) is 2.32. The highest BCUT2D eigenvalue weighted by atomic mass is 19.1. The Kier molecular flexibility index (Phi) is 8.79. The molecule has 5 rings (SSSR count). The summed E-state index contributed by atoms with van der Waals surface area (Å²) in [6.45, 7) is 1.58. The topological polar surface area (TPSA) is 146 Å². The van der Waals surface area contributed by atoms with Crippen molar-refractivity contribution in [3.63, 3.8) is 0 Å². The second-order valence-corrected chi connectivity index (χ2v) is 13.1. The van der Waals surface area contributed by atoms with Gasteiger partial charge in [-0.05, 0) is 95.3 Å². The van der Waals surface area contributed by atoms with E-state index in [2.05, 4.69) is 10.2 Å². The van der Waals surface area contributed by atoms with Gasteiger partial charge in [-0.2, -0.15) is 0 Å². The molecule has 2 aliphatic heterocycles. The second-order valence-electron chi connectivity index (χ2n) is 13.1. The Labute approximate surface area is 231 Å². The van der Waals surface area contributed by atoms with Gasteiger partial charge in [-0.25, -0.2) is 4.39 Å². The summed E-state index contributed by atoms with van der Waals surface area (Å²) in [4.78, 5) is 42.3. The normalized spacial score (nSPS) is 39.2. The van der Waals surface area contributed by atoms with E-state index in [4.69, 9.17) is 16.9 Å². The maximum Gasteiger partial charge on any atom is 0.237 e. The number of nitrogens with zero attached hydrogens (tertiary/aromatic N) is 2. The molecular weight excluding hydrogens is 499 g/mol. The molecule has 3 amide bonds. The van der Waals surface area contributed by atoms with Crippen LogP contribution in [0.25, 0.3) is 0 Å². The van der Waals surface area contributed by atoms with Gasteiger partial charge in [-0.1, -0.05) is 0 Å². The Hall–Kier alpha value is -2.23. The van der Waals surface area contributed by atoms with Crippen LogP contribution in [0.2, 0.25) is 0 Å². The van der Waals surface area contributed by atoms with E-state index in [1.165, 1.54) is 0 Å². The zero-order valence-electron chi connectivity index (χ0n) is 23.2. The molecule has 2 heterocycles. The molecule has 9 nitrogen and oxygen atoms in total. The Morgan fingerprint density at radius 2 is 1.51 bits per heavy atom. The number of nitrogens with two attached hydrogens (primary N) is 2. The summed E-state index contributed by atoms with van der Waals surface area (Å²) in [5.74, 6) is 1.08. The molecule has 0 spiro atoms. The molecule has 0 bridgehead atoms. The average molecular weight is 547 g/mol. The summed E-state index contributed by atoms with van der Waals surface area (Å²) in [5, 5.41) is 11.4. The standard InChI is InChI=1S/C29H47FN6O3/c30-22-11-12-35(16-22)29(39)19-7-9-23(10-8-19)34-28(38)25-13-20-5-6-21(26(31)32)14-24(20)36(25)15-17-1-3-18(4-2-17)27(33)37/h17-25H,1-16H2,(H3,31,32)(H2,33,37)(H,34,38)/t17?,18?,19?,20?,21?,22-,23?,24?,25?/m0/s1. The number of halogens is 1. The van der Waals surface area contributed by atoms with Crippen molar-refractivity contribution >= 4 is 23.6 Å². The van der Waals surface area contributed by atoms with Crippen molar-refractivity contribution in [1.82, 2.24) is 15.1 Å². The summed E-state index contributed by atoms with van der Waals surface area (Å²) < 4.78 is 13.6. The third kappa shape index (κ3) is 6.41. The van der Waals surface area contributed by atoms with Crippen LogP contribution in [-0.2, 0) is 14.4 Å². The Bertz CT molecular complexity index is 932. The molecule has 39 heavy (non-hydrogen) atoms. The van der Waals surface area contributed by atoms with Gasteiger partial charge < -0.3 is 21.7 Å². The highest BCUT2D eigenvalue weighted by Crippen LogP contribution is 2.43. The molecule has 0 aromatic heterocycles. The van der Waals surface area contributed by atoms with Gasteiger partial charge >= 0.3 is 0 Å². The first-order valence-corrected chi connectivity index (χ1v) is 15.3. The Morgan fingerprint density at radius 3 is 2.13 bits per heavy atom. The van der Waals surface area contributed by atoms with Crippen LogP contribution in [0.3, 0.4) is 0 Å². The lowest BCUT2D eigenvalue weighted by Gasteiger charge is -2.40. The van der Waals surface area contributed by atoms with E-state index in [0.29, 0.717) is 24.8 Å². The van der Waals surface area contributed by atoms with Crippen molar-refractivity contribution in [2.45, 2.75) is 108 Å². The van der Waals surface area contributed by atoms with Gasteiger partial charge in [-0.3, -0.25) is 24.7 Å². The lowest BCUT2D eigenvalue weighted by atomic mass is 9.77. The Balaban J connectivity index is 1.19. The number of carbonyl (C=O) groups is 3. The van der Waals surface area contributed by atoms with E-state index in [1.54, 1.807) is 4.90 Å². The van der Waals surface area contributed by atoms with Crippen LogP contribution < -0.4 is 16.8 Å². The van der Waals surface area contributed by atoms with E-state index in [0.717, 1.165) is 83.6 Å². The zero-order chi connectivity index (χ0) is 27.7. The average Bonchev–Trinajstić information content (AvgIpc) is 3.52. The summed E-state index contributed by atoms with van der Waals surface area (Å²) in [6, 6.07) is 0.130. The maximum absolute atomic E-state index is 13.7. The number of carbonyl (C=O) groups excluding carboxylic acids is 3. The fourth-order valence-corrected chi connectivity index (χ4v) is 8.23. The quantitative estimate of drug-likeness (QED) is 0.286. The number of hydrogen-bond donors (Lipinski definition) is 4. The van der Waals surface area contributed by atoms with Gasteiger partial charge in [0.1, 0.15) is 6.17 Å². The van der Waals surface area contributed by atoms with Crippen LogP contribution >= 0.6 is 0 Å². The number of alkyl halides is 1. The number of amidine groups is 1. The third-order valence-electron chi connectivity index (χ3n) is 10.6. The number of amides is 3. The van der Waals surface area contributed by atoms with Crippen molar-refractivity contribution in [1.29, 1.82) is 5.41 Å². The fraction of sp³-hybridized carbons (Fsp3) is 0.862. The van der Waals surface area contributed by atoms with Crippen LogP contribution in [-0.4, -0.2) is 77.3 Å². The van der Waals surface area contributed by atoms with Gasteiger partial charge in [0.2, 0.25) is 17.7 Å². The largest absolute Gasteiger partial charge is 0.387 e. The first kappa shape index (κ1) is 28.3. The number of primary amides is 1. The smallest absolute Gasteiger partial charge is 0.237 e. The summed E-state index contributed by atoms with van der Waals surface area (Å²) >= 11 is 0. The van der Waals surface area contributed by atoms with E-state index in [1.807, 2.05) is 0 Å². The molecule has 5 aliphatic rings. The molecule has 0 radical (unpaired) electrons. The number of fused-ring (bicyclic) bond motifs is 1. The molecule has 3 aliphatic carbocycles. The van der Waals surface area contributed by atoms with Crippen LogP contribution in [0.5, 0.6) is 0 Å².